The zero-order valence-electron chi connectivity index (χ0n) is 19.6. The summed E-state index contributed by atoms with van der Waals surface area (Å²) in [6.07, 6.45) is 5.95. The molecule has 0 fully saturated rings. The molecule has 0 saturated heterocycles. The number of hydrogen-bond acceptors (Lipinski definition) is 4. The summed E-state index contributed by atoms with van der Waals surface area (Å²) < 4.78 is 11.2. The van der Waals surface area contributed by atoms with E-state index in [0.29, 0.717) is 35.7 Å². The number of aromatic nitrogens is 2. The molecule has 2 N–H and O–H groups in total. The standard InChI is InChI=1S/C27H30N2O4/c1-5-16-18(7-3)26(22-11-9-13-32-22)28-24(16)20(30)15-21(31)25-17(6-2)19(8-4)27(29-25)23-12-10-14-33-23/h9-14,28-29H,5-8,15H2,1-4H3. The Labute approximate surface area is 193 Å². The number of H-pyrrole nitrogens is 2. The molecule has 4 aromatic heterocycles. The van der Waals surface area contributed by atoms with Crippen LogP contribution in [0.2, 0.25) is 0 Å². The Kier molecular flexibility index (Phi) is 6.54. The number of carbonyl (C=O) groups is 2. The van der Waals surface area contributed by atoms with E-state index in [1.807, 2.05) is 38.1 Å². The highest BCUT2D eigenvalue weighted by atomic mass is 16.3. The SMILES string of the molecule is CCc1c(C(=O)CC(=O)c2[nH]c(-c3ccco3)c(CC)c2CC)[nH]c(-c2ccco2)c1CC. The first-order valence-electron chi connectivity index (χ1n) is 11.6. The monoisotopic (exact) mass is 446 g/mol. The second-order valence-electron chi connectivity index (χ2n) is 8.06. The topological polar surface area (TPSA) is 92.0 Å². The molecule has 0 bridgehead atoms. The lowest BCUT2D eigenvalue weighted by Gasteiger charge is -2.05. The molecule has 0 aliphatic rings. The lowest BCUT2D eigenvalue weighted by Crippen LogP contribution is -2.12. The highest BCUT2D eigenvalue weighted by Crippen LogP contribution is 2.32. The van der Waals surface area contributed by atoms with Gasteiger partial charge in [-0.25, -0.2) is 0 Å². The van der Waals surface area contributed by atoms with Gasteiger partial charge in [-0.15, -0.1) is 0 Å². The number of furan rings is 2. The molecule has 0 aliphatic carbocycles. The van der Waals surface area contributed by atoms with Crippen LogP contribution in [0.3, 0.4) is 0 Å². The van der Waals surface area contributed by atoms with E-state index in [0.717, 1.165) is 46.5 Å². The summed E-state index contributed by atoms with van der Waals surface area (Å²) in [7, 11) is 0. The molecule has 0 aliphatic heterocycles. The van der Waals surface area contributed by atoms with Crippen molar-refractivity contribution in [1.82, 2.24) is 9.97 Å². The van der Waals surface area contributed by atoms with Crippen LogP contribution in [0, 0.1) is 0 Å². The summed E-state index contributed by atoms with van der Waals surface area (Å²) in [4.78, 5) is 33.2. The third-order valence-electron chi connectivity index (χ3n) is 6.26. The summed E-state index contributed by atoms with van der Waals surface area (Å²) in [5, 5.41) is 0. The van der Waals surface area contributed by atoms with Crippen LogP contribution in [-0.4, -0.2) is 21.5 Å². The minimum Gasteiger partial charge on any atom is -0.463 e. The van der Waals surface area contributed by atoms with Gasteiger partial charge in [0.15, 0.2) is 11.6 Å². The highest BCUT2D eigenvalue weighted by Gasteiger charge is 2.27. The maximum Gasteiger partial charge on any atom is 0.187 e. The molecule has 0 aromatic carbocycles. The molecule has 6 nitrogen and oxygen atoms in total. The van der Waals surface area contributed by atoms with Crippen molar-refractivity contribution < 1.29 is 18.4 Å². The average Bonchev–Trinajstić information content (AvgIpc) is 3.61. The minimum atomic E-state index is -0.210. The Hall–Kier alpha value is -3.54. The predicted molar refractivity (Wildman–Crippen MR) is 128 cm³/mol. The molecular formula is C27H30N2O4. The van der Waals surface area contributed by atoms with E-state index in [1.54, 1.807) is 12.5 Å². The third-order valence-corrected chi connectivity index (χ3v) is 6.26. The zero-order chi connectivity index (χ0) is 23.5. The van der Waals surface area contributed by atoms with E-state index in [1.165, 1.54) is 0 Å². The van der Waals surface area contributed by atoms with Crippen LogP contribution in [0.5, 0.6) is 0 Å². The number of rotatable bonds is 10. The predicted octanol–water partition coefficient (Wildman–Crippen LogP) is 6.57. The Morgan fingerprint density at radius 3 is 1.36 bits per heavy atom. The zero-order valence-corrected chi connectivity index (χ0v) is 19.6. The Morgan fingerprint density at radius 1 is 0.667 bits per heavy atom. The molecule has 0 saturated carbocycles. The molecular weight excluding hydrogens is 416 g/mol. The fourth-order valence-corrected chi connectivity index (χ4v) is 4.78. The van der Waals surface area contributed by atoms with Crippen LogP contribution < -0.4 is 0 Å². The van der Waals surface area contributed by atoms with Gasteiger partial charge in [-0.05, 0) is 72.2 Å². The Balaban J connectivity index is 1.68. The molecule has 0 atom stereocenters. The lowest BCUT2D eigenvalue weighted by atomic mass is 9.97. The van der Waals surface area contributed by atoms with E-state index in [2.05, 4.69) is 23.8 Å². The van der Waals surface area contributed by atoms with Gasteiger partial charge in [-0.1, -0.05) is 27.7 Å². The van der Waals surface area contributed by atoms with Crippen molar-refractivity contribution in [1.29, 1.82) is 0 Å². The molecule has 33 heavy (non-hydrogen) atoms. The first kappa shape index (κ1) is 22.6. The van der Waals surface area contributed by atoms with E-state index < -0.39 is 0 Å². The number of ketones is 2. The average molecular weight is 447 g/mol. The van der Waals surface area contributed by atoms with Gasteiger partial charge in [0.2, 0.25) is 0 Å². The van der Waals surface area contributed by atoms with Gasteiger partial charge in [0.25, 0.3) is 0 Å². The van der Waals surface area contributed by atoms with Crippen molar-refractivity contribution in [2.75, 3.05) is 0 Å². The van der Waals surface area contributed by atoms with Crippen LogP contribution in [0.25, 0.3) is 22.9 Å². The summed E-state index contributed by atoms with van der Waals surface area (Å²) in [6.45, 7) is 8.17. The number of Topliss-reactive ketones (excluding diaryl/α,β-unsaturated/α-hetero) is 2. The van der Waals surface area contributed by atoms with Crippen molar-refractivity contribution in [3.05, 3.63) is 70.4 Å². The van der Waals surface area contributed by atoms with Crippen LogP contribution in [-0.2, 0) is 25.7 Å². The number of nitrogens with one attached hydrogen (secondary N) is 2. The second-order valence-corrected chi connectivity index (χ2v) is 8.06. The van der Waals surface area contributed by atoms with E-state index >= 15 is 0 Å². The van der Waals surface area contributed by atoms with E-state index in [9.17, 15) is 9.59 Å². The normalized spacial score (nSPS) is 11.3. The summed E-state index contributed by atoms with van der Waals surface area (Å²) >= 11 is 0. The molecule has 6 heteroatoms. The third kappa shape index (κ3) is 4.01. The summed E-state index contributed by atoms with van der Waals surface area (Å²) in [6, 6.07) is 7.40. The molecule has 4 aromatic rings. The van der Waals surface area contributed by atoms with Crippen molar-refractivity contribution >= 4 is 11.6 Å². The fraction of sp³-hybridized carbons (Fsp3) is 0.333. The van der Waals surface area contributed by atoms with Gasteiger partial charge in [0.1, 0.15) is 11.5 Å². The van der Waals surface area contributed by atoms with Gasteiger partial charge in [-0.2, -0.15) is 0 Å². The largest absolute Gasteiger partial charge is 0.463 e. The molecule has 0 amide bonds. The highest BCUT2D eigenvalue weighted by molar-refractivity contribution is 6.14. The maximum absolute atomic E-state index is 13.3. The quantitative estimate of drug-likeness (QED) is 0.213. The van der Waals surface area contributed by atoms with Crippen molar-refractivity contribution in [3.63, 3.8) is 0 Å². The van der Waals surface area contributed by atoms with Crippen LogP contribution in [0.4, 0.5) is 0 Å². The lowest BCUT2D eigenvalue weighted by molar-refractivity contribution is 0.0888. The number of aromatic amines is 2. The van der Waals surface area contributed by atoms with Crippen molar-refractivity contribution in [2.45, 2.75) is 59.8 Å². The van der Waals surface area contributed by atoms with Gasteiger partial charge in [-0.3, -0.25) is 9.59 Å². The molecule has 172 valence electrons. The van der Waals surface area contributed by atoms with Crippen molar-refractivity contribution in [3.8, 4) is 22.9 Å². The number of carbonyl (C=O) groups excluding carboxylic acids is 2. The first-order chi connectivity index (χ1) is 16.0. The van der Waals surface area contributed by atoms with E-state index in [4.69, 9.17) is 8.83 Å². The van der Waals surface area contributed by atoms with Gasteiger partial charge in [0, 0.05) is 0 Å². The molecule has 0 unspecified atom stereocenters. The van der Waals surface area contributed by atoms with Crippen LogP contribution >= 0.6 is 0 Å². The second kappa shape index (κ2) is 9.53. The minimum absolute atomic E-state index is 0.206. The molecule has 4 rings (SSSR count). The van der Waals surface area contributed by atoms with Gasteiger partial charge < -0.3 is 18.8 Å². The number of hydrogen-bond donors (Lipinski definition) is 2. The van der Waals surface area contributed by atoms with Gasteiger partial charge >= 0.3 is 0 Å². The van der Waals surface area contributed by atoms with Crippen LogP contribution in [0.15, 0.2) is 45.6 Å². The molecule has 0 radical (unpaired) electrons. The summed E-state index contributed by atoms with van der Waals surface area (Å²) in [5.74, 6) is 0.970. The van der Waals surface area contributed by atoms with Crippen molar-refractivity contribution in [2.24, 2.45) is 0 Å². The Bertz CT molecular complexity index is 1160. The first-order valence-corrected chi connectivity index (χ1v) is 11.6. The summed E-state index contributed by atoms with van der Waals surface area (Å²) in [5.41, 5.74) is 6.66. The van der Waals surface area contributed by atoms with Crippen LogP contribution in [0.1, 0.15) is 77.3 Å². The maximum atomic E-state index is 13.3. The fourth-order valence-electron chi connectivity index (χ4n) is 4.78. The molecule has 4 heterocycles. The van der Waals surface area contributed by atoms with E-state index in [-0.39, 0.29) is 18.0 Å². The molecule has 0 spiro atoms. The Morgan fingerprint density at radius 2 is 1.06 bits per heavy atom. The van der Waals surface area contributed by atoms with Gasteiger partial charge in [0.05, 0.1) is 41.7 Å². The smallest absolute Gasteiger partial charge is 0.187 e.